The number of nitrogens with zero attached hydrogens (tertiary/aromatic N) is 3. The third-order valence-corrected chi connectivity index (χ3v) is 7.24. The Bertz CT molecular complexity index is 952. The van der Waals surface area contributed by atoms with Crippen LogP contribution in [0.4, 0.5) is 5.00 Å². The fourth-order valence-electron chi connectivity index (χ4n) is 4.24. The highest BCUT2D eigenvalue weighted by Crippen LogP contribution is 2.39. The highest BCUT2D eigenvalue weighted by molar-refractivity contribution is 7.16. The second-order valence-corrected chi connectivity index (χ2v) is 9.04. The van der Waals surface area contributed by atoms with Crippen molar-refractivity contribution in [1.82, 2.24) is 9.80 Å². The molecule has 1 aliphatic carbocycles. The van der Waals surface area contributed by atoms with Crippen molar-refractivity contribution in [3.8, 4) is 6.07 Å². The number of carbonyl (C=O) groups is 2. The van der Waals surface area contributed by atoms with E-state index in [1.165, 1.54) is 11.1 Å². The van der Waals surface area contributed by atoms with Gasteiger partial charge in [-0.05, 0) is 42.9 Å². The Kier molecular flexibility index (Phi) is 6.21. The summed E-state index contributed by atoms with van der Waals surface area (Å²) in [5, 5.41) is 13.3. The second-order valence-electron chi connectivity index (χ2n) is 7.93. The first-order valence-corrected chi connectivity index (χ1v) is 11.3. The lowest BCUT2D eigenvalue weighted by Gasteiger charge is -2.33. The first kappa shape index (κ1) is 20.6. The molecule has 1 atom stereocenters. The Morgan fingerprint density at radius 3 is 2.80 bits per heavy atom. The summed E-state index contributed by atoms with van der Waals surface area (Å²) in [6.45, 7) is 4.84. The van der Waals surface area contributed by atoms with E-state index in [1.807, 2.05) is 4.90 Å². The zero-order valence-corrected chi connectivity index (χ0v) is 18.0. The van der Waals surface area contributed by atoms with Gasteiger partial charge in [0.2, 0.25) is 5.91 Å². The number of nitriles is 1. The number of furan rings is 1. The zero-order chi connectivity index (χ0) is 21.1. The molecule has 2 aliphatic rings. The van der Waals surface area contributed by atoms with E-state index in [9.17, 15) is 14.9 Å². The maximum Gasteiger partial charge on any atom is 0.289 e. The number of hydrogen-bond acceptors (Lipinski definition) is 6. The molecule has 0 bridgehead atoms. The first-order chi connectivity index (χ1) is 14.6. The first-order valence-electron chi connectivity index (χ1n) is 10.5. The van der Waals surface area contributed by atoms with E-state index in [2.05, 4.69) is 18.3 Å². The number of thiophene rings is 1. The monoisotopic (exact) mass is 426 g/mol. The number of carbonyl (C=O) groups excluding carboxylic acids is 2. The maximum absolute atomic E-state index is 12.6. The molecule has 1 N–H and O–H groups in total. The molecule has 1 fully saturated rings. The van der Waals surface area contributed by atoms with Crippen molar-refractivity contribution < 1.29 is 14.0 Å². The predicted molar refractivity (Wildman–Crippen MR) is 115 cm³/mol. The molecule has 2 aromatic rings. The molecule has 0 aromatic carbocycles. The van der Waals surface area contributed by atoms with Crippen LogP contribution in [0.2, 0.25) is 0 Å². The van der Waals surface area contributed by atoms with Gasteiger partial charge in [0.25, 0.3) is 5.91 Å². The van der Waals surface area contributed by atoms with Gasteiger partial charge in [-0.1, -0.05) is 13.3 Å². The molecule has 4 rings (SSSR count). The number of piperazine rings is 1. The van der Waals surface area contributed by atoms with Crippen molar-refractivity contribution in [3.63, 3.8) is 0 Å². The van der Waals surface area contributed by atoms with Gasteiger partial charge in [0.1, 0.15) is 11.1 Å². The van der Waals surface area contributed by atoms with Crippen molar-refractivity contribution in [2.45, 2.75) is 32.6 Å². The molecule has 0 spiro atoms. The molecular weight excluding hydrogens is 400 g/mol. The van der Waals surface area contributed by atoms with Crippen LogP contribution in [0.1, 0.15) is 46.3 Å². The second kappa shape index (κ2) is 9.02. The summed E-state index contributed by atoms with van der Waals surface area (Å²) in [6.07, 6.45) is 5.69. The summed E-state index contributed by atoms with van der Waals surface area (Å²) in [6, 6.07) is 5.67. The SMILES string of the molecule is CCC1CCc2c(sc(NC(=O)CN3CCN(C(=O)c4ccco4)CC3)c2C#N)C1. The molecule has 30 heavy (non-hydrogen) atoms. The number of rotatable bonds is 5. The maximum atomic E-state index is 12.6. The summed E-state index contributed by atoms with van der Waals surface area (Å²) < 4.78 is 5.18. The van der Waals surface area contributed by atoms with Gasteiger partial charge >= 0.3 is 0 Å². The van der Waals surface area contributed by atoms with Gasteiger partial charge in [0.05, 0.1) is 18.4 Å². The summed E-state index contributed by atoms with van der Waals surface area (Å²) >= 11 is 1.56. The molecule has 0 saturated carbocycles. The third-order valence-electron chi connectivity index (χ3n) is 6.07. The fraction of sp³-hybridized carbons (Fsp3) is 0.500. The van der Waals surface area contributed by atoms with Gasteiger partial charge in [-0.2, -0.15) is 5.26 Å². The molecule has 0 radical (unpaired) electrons. The Labute approximate surface area is 180 Å². The number of nitrogens with one attached hydrogen (secondary N) is 1. The normalized spacial score (nSPS) is 19.2. The summed E-state index contributed by atoms with van der Waals surface area (Å²) in [7, 11) is 0. The molecule has 7 nitrogen and oxygen atoms in total. The van der Waals surface area contributed by atoms with E-state index in [4.69, 9.17) is 4.42 Å². The van der Waals surface area contributed by atoms with Crippen molar-refractivity contribution in [3.05, 3.63) is 40.2 Å². The Morgan fingerprint density at radius 2 is 2.13 bits per heavy atom. The van der Waals surface area contributed by atoms with Crippen molar-refractivity contribution >= 4 is 28.2 Å². The molecule has 158 valence electrons. The quantitative estimate of drug-likeness (QED) is 0.793. The molecule has 2 amide bonds. The van der Waals surface area contributed by atoms with E-state index < -0.39 is 0 Å². The minimum atomic E-state index is -0.114. The minimum Gasteiger partial charge on any atom is -0.459 e. The van der Waals surface area contributed by atoms with Crippen molar-refractivity contribution in [2.75, 3.05) is 38.0 Å². The van der Waals surface area contributed by atoms with Crippen LogP contribution in [-0.4, -0.2) is 54.3 Å². The standard InChI is InChI=1S/C22H26N4O3S/c1-2-15-5-6-16-17(13-23)21(30-19(16)12-15)24-20(27)14-25-7-9-26(10-8-25)22(28)18-4-3-11-29-18/h3-4,11,15H,2,5-10,12,14H2,1H3,(H,24,27). The fourth-order valence-corrected chi connectivity index (χ4v) is 5.57. The van der Waals surface area contributed by atoms with E-state index in [0.717, 1.165) is 31.2 Å². The van der Waals surface area contributed by atoms with Gasteiger partial charge in [0.15, 0.2) is 5.76 Å². The average molecular weight is 427 g/mol. The van der Waals surface area contributed by atoms with E-state index >= 15 is 0 Å². The number of anilines is 1. The Balaban J connectivity index is 1.32. The van der Waals surface area contributed by atoms with Gasteiger partial charge in [-0.15, -0.1) is 11.3 Å². The molecule has 2 aromatic heterocycles. The Morgan fingerprint density at radius 1 is 1.33 bits per heavy atom. The van der Waals surface area contributed by atoms with Gasteiger partial charge in [0, 0.05) is 31.1 Å². The lowest BCUT2D eigenvalue weighted by atomic mass is 9.86. The van der Waals surface area contributed by atoms with Crippen LogP contribution in [0.25, 0.3) is 0 Å². The summed E-state index contributed by atoms with van der Waals surface area (Å²) in [5.74, 6) is 0.795. The number of hydrogen-bond donors (Lipinski definition) is 1. The lowest BCUT2D eigenvalue weighted by molar-refractivity contribution is -0.117. The van der Waals surface area contributed by atoms with Crippen molar-refractivity contribution in [2.24, 2.45) is 5.92 Å². The van der Waals surface area contributed by atoms with Crippen molar-refractivity contribution in [1.29, 1.82) is 5.26 Å². The van der Waals surface area contributed by atoms with Crippen LogP contribution in [0, 0.1) is 17.2 Å². The highest BCUT2D eigenvalue weighted by atomic mass is 32.1. The topological polar surface area (TPSA) is 89.6 Å². The number of amides is 2. The van der Waals surface area contributed by atoms with Crippen LogP contribution >= 0.6 is 11.3 Å². The molecule has 1 saturated heterocycles. The molecule has 3 heterocycles. The summed E-state index contributed by atoms with van der Waals surface area (Å²) in [4.78, 5) is 30.0. The largest absolute Gasteiger partial charge is 0.459 e. The van der Waals surface area contributed by atoms with Crippen LogP contribution in [0.5, 0.6) is 0 Å². The van der Waals surface area contributed by atoms with Gasteiger partial charge in [-0.25, -0.2) is 0 Å². The molecule has 1 aliphatic heterocycles. The third kappa shape index (κ3) is 4.27. The number of fused-ring (bicyclic) bond motifs is 1. The average Bonchev–Trinajstić information content (AvgIpc) is 3.40. The minimum absolute atomic E-state index is 0.108. The lowest BCUT2D eigenvalue weighted by Crippen LogP contribution is -2.50. The molecule has 8 heteroatoms. The van der Waals surface area contributed by atoms with E-state index in [0.29, 0.717) is 48.4 Å². The van der Waals surface area contributed by atoms with Crippen LogP contribution in [0.15, 0.2) is 22.8 Å². The predicted octanol–water partition coefficient (Wildman–Crippen LogP) is 3.12. The van der Waals surface area contributed by atoms with Crippen LogP contribution in [0.3, 0.4) is 0 Å². The highest BCUT2D eigenvalue weighted by Gasteiger charge is 2.27. The van der Waals surface area contributed by atoms with E-state index in [1.54, 1.807) is 28.4 Å². The summed E-state index contributed by atoms with van der Waals surface area (Å²) in [5.41, 5.74) is 1.78. The van der Waals surface area contributed by atoms with Crippen LogP contribution in [-0.2, 0) is 17.6 Å². The van der Waals surface area contributed by atoms with Crippen LogP contribution < -0.4 is 5.32 Å². The smallest absolute Gasteiger partial charge is 0.289 e. The van der Waals surface area contributed by atoms with Gasteiger partial charge < -0.3 is 14.6 Å². The Hall–Kier alpha value is -2.63. The molecule has 1 unspecified atom stereocenters. The zero-order valence-electron chi connectivity index (χ0n) is 17.1. The molecular formula is C22H26N4O3S. The van der Waals surface area contributed by atoms with Gasteiger partial charge in [-0.3, -0.25) is 14.5 Å². The van der Waals surface area contributed by atoms with E-state index in [-0.39, 0.29) is 18.4 Å².